The predicted molar refractivity (Wildman–Crippen MR) is 91.0 cm³/mol. The van der Waals surface area contributed by atoms with Crippen molar-refractivity contribution in [3.63, 3.8) is 0 Å². The van der Waals surface area contributed by atoms with Gasteiger partial charge in [-0.05, 0) is 45.2 Å². The third-order valence-electron chi connectivity index (χ3n) is 5.18. The van der Waals surface area contributed by atoms with Crippen LogP contribution in [-0.4, -0.2) is 45.2 Å². The Morgan fingerprint density at radius 2 is 2.16 bits per heavy atom. The molecule has 0 bridgehead atoms. The highest BCUT2D eigenvalue weighted by atomic mass is 16.5. The maximum Gasteiger partial charge on any atom is 0.243 e. The summed E-state index contributed by atoms with van der Waals surface area (Å²) >= 11 is 0. The fourth-order valence-corrected chi connectivity index (χ4v) is 3.52. The lowest BCUT2D eigenvalue weighted by atomic mass is 9.93. The molecule has 25 heavy (non-hydrogen) atoms. The standard InChI is InChI=1S/C18H25N5O2/c1-12(18-21-17(22-25-18)13-5-6-13)23-9-3-4-14(10-23)15-7-8-19-16(20-15)11-24-2/h7-8,12-14H,3-6,9-11H2,1-2H3. The second-order valence-electron chi connectivity index (χ2n) is 7.11. The molecule has 134 valence electrons. The molecule has 2 atom stereocenters. The van der Waals surface area contributed by atoms with Crippen LogP contribution in [-0.2, 0) is 11.3 Å². The highest BCUT2D eigenvalue weighted by Gasteiger charge is 2.32. The van der Waals surface area contributed by atoms with Gasteiger partial charge in [0.1, 0.15) is 6.61 Å². The van der Waals surface area contributed by atoms with E-state index < -0.39 is 0 Å². The molecule has 0 N–H and O–H groups in total. The molecular weight excluding hydrogens is 318 g/mol. The molecule has 1 saturated carbocycles. The summed E-state index contributed by atoms with van der Waals surface area (Å²) in [6.45, 7) is 4.61. The summed E-state index contributed by atoms with van der Waals surface area (Å²) in [5, 5.41) is 4.16. The van der Waals surface area contributed by atoms with Crippen LogP contribution in [0.5, 0.6) is 0 Å². The SMILES string of the molecule is COCc1nccc(C2CCCN(C(C)c3nc(C4CC4)no3)C2)n1. The summed E-state index contributed by atoms with van der Waals surface area (Å²) in [5.41, 5.74) is 1.10. The molecule has 0 spiro atoms. The smallest absolute Gasteiger partial charge is 0.243 e. The van der Waals surface area contributed by atoms with Crippen molar-refractivity contribution in [2.75, 3.05) is 20.2 Å². The molecule has 1 saturated heterocycles. The Kier molecular flexibility index (Phi) is 4.76. The number of hydrogen-bond acceptors (Lipinski definition) is 7. The second kappa shape index (κ2) is 7.17. The van der Waals surface area contributed by atoms with E-state index in [9.17, 15) is 0 Å². The molecule has 1 aliphatic carbocycles. The van der Waals surface area contributed by atoms with Crippen molar-refractivity contribution in [2.24, 2.45) is 0 Å². The third kappa shape index (κ3) is 3.72. The van der Waals surface area contributed by atoms with E-state index in [-0.39, 0.29) is 6.04 Å². The maximum atomic E-state index is 5.53. The molecule has 7 heteroatoms. The minimum absolute atomic E-state index is 0.142. The van der Waals surface area contributed by atoms with Crippen molar-refractivity contribution in [1.29, 1.82) is 0 Å². The van der Waals surface area contributed by atoms with Gasteiger partial charge >= 0.3 is 0 Å². The van der Waals surface area contributed by atoms with E-state index in [1.807, 2.05) is 12.3 Å². The molecule has 4 rings (SSSR count). The molecule has 2 aliphatic rings. The molecule has 7 nitrogen and oxygen atoms in total. The molecule has 0 amide bonds. The first-order valence-electron chi connectivity index (χ1n) is 9.13. The number of methoxy groups -OCH3 is 1. The number of rotatable bonds is 6. The Bertz CT molecular complexity index is 715. The molecule has 2 fully saturated rings. The molecule has 2 aromatic rings. The number of ether oxygens (including phenoxy) is 1. The summed E-state index contributed by atoms with van der Waals surface area (Å²) < 4.78 is 10.7. The zero-order valence-corrected chi connectivity index (χ0v) is 14.9. The van der Waals surface area contributed by atoms with Crippen molar-refractivity contribution in [1.82, 2.24) is 25.0 Å². The highest BCUT2D eigenvalue weighted by molar-refractivity contribution is 5.11. The van der Waals surface area contributed by atoms with E-state index in [0.29, 0.717) is 18.4 Å². The lowest BCUT2D eigenvalue weighted by molar-refractivity contribution is 0.131. The average Bonchev–Trinajstić information content (AvgIpc) is 3.39. The fraction of sp³-hybridized carbons (Fsp3) is 0.667. The Labute approximate surface area is 147 Å². The third-order valence-corrected chi connectivity index (χ3v) is 5.18. The van der Waals surface area contributed by atoms with Crippen LogP contribution < -0.4 is 0 Å². The van der Waals surface area contributed by atoms with Crippen molar-refractivity contribution >= 4 is 0 Å². The molecule has 2 unspecified atom stereocenters. The molecular formula is C18H25N5O2. The first kappa shape index (κ1) is 16.6. The Hall–Kier alpha value is -1.86. The van der Waals surface area contributed by atoms with E-state index in [0.717, 1.165) is 49.2 Å². The normalized spacial score (nSPS) is 22.9. The van der Waals surface area contributed by atoms with Gasteiger partial charge in [0, 0.05) is 37.4 Å². The molecule has 0 radical (unpaired) electrons. The summed E-state index contributed by atoms with van der Waals surface area (Å²) in [6, 6.07) is 2.17. The number of piperidine rings is 1. The van der Waals surface area contributed by atoms with Crippen molar-refractivity contribution in [2.45, 2.75) is 57.1 Å². The number of hydrogen-bond donors (Lipinski definition) is 0. The van der Waals surface area contributed by atoms with Crippen molar-refractivity contribution in [3.05, 3.63) is 35.5 Å². The fourth-order valence-electron chi connectivity index (χ4n) is 3.52. The highest BCUT2D eigenvalue weighted by Crippen LogP contribution is 2.39. The van der Waals surface area contributed by atoms with E-state index in [1.165, 1.54) is 12.8 Å². The zero-order chi connectivity index (χ0) is 17.2. The van der Waals surface area contributed by atoms with Gasteiger partial charge in [-0.1, -0.05) is 5.16 Å². The van der Waals surface area contributed by atoms with Gasteiger partial charge in [-0.3, -0.25) is 4.90 Å². The van der Waals surface area contributed by atoms with Gasteiger partial charge in [-0.25, -0.2) is 9.97 Å². The van der Waals surface area contributed by atoms with Gasteiger partial charge < -0.3 is 9.26 Å². The van der Waals surface area contributed by atoms with Gasteiger partial charge in [-0.15, -0.1) is 0 Å². The van der Waals surface area contributed by atoms with E-state index in [4.69, 9.17) is 9.26 Å². The van der Waals surface area contributed by atoms with Gasteiger partial charge in [-0.2, -0.15) is 4.98 Å². The van der Waals surface area contributed by atoms with Crippen LogP contribution in [0.1, 0.15) is 73.7 Å². The van der Waals surface area contributed by atoms with Gasteiger partial charge in [0.25, 0.3) is 0 Å². The predicted octanol–water partition coefficient (Wildman–Crippen LogP) is 2.82. The van der Waals surface area contributed by atoms with Crippen LogP contribution >= 0.6 is 0 Å². The van der Waals surface area contributed by atoms with Gasteiger partial charge in [0.05, 0.1) is 6.04 Å². The largest absolute Gasteiger partial charge is 0.377 e. The van der Waals surface area contributed by atoms with E-state index in [2.05, 4.69) is 31.9 Å². The lowest BCUT2D eigenvalue weighted by Crippen LogP contribution is -2.36. The average molecular weight is 343 g/mol. The lowest BCUT2D eigenvalue weighted by Gasteiger charge is -2.35. The first-order valence-corrected chi connectivity index (χ1v) is 9.13. The van der Waals surface area contributed by atoms with E-state index >= 15 is 0 Å². The minimum Gasteiger partial charge on any atom is -0.377 e. The summed E-state index contributed by atoms with van der Waals surface area (Å²) in [7, 11) is 1.67. The second-order valence-corrected chi connectivity index (χ2v) is 7.11. The molecule has 0 aromatic carbocycles. The van der Waals surface area contributed by atoms with Crippen LogP contribution in [0.15, 0.2) is 16.8 Å². The van der Waals surface area contributed by atoms with Crippen LogP contribution in [0.3, 0.4) is 0 Å². The Morgan fingerprint density at radius 3 is 2.96 bits per heavy atom. The monoisotopic (exact) mass is 343 g/mol. The zero-order valence-electron chi connectivity index (χ0n) is 14.9. The number of likely N-dealkylation sites (tertiary alicyclic amines) is 1. The topological polar surface area (TPSA) is 77.2 Å². The maximum absolute atomic E-state index is 5.53. The van der Waals surface area contributed by atoms with Gasteiger partial charge in [0.2, 0.25) is 5.89 Å². The van der Waals surface area contributed by atoms with E-state index in [1.54, 1.807) is 7.11 Å². The molecule has 3 heterocycles. The van der Waals surface area contributed by atoms with Crippen LogP contribution in [0.25, 0.3) is 0 Å². The van der Waals surface area contributed by atoms with Crippen molar-refractivity contribution in [3.8, 4) is 0 Å². The summed E-state index contributed by atoms with van der Waals surface area (Å²) in [5.74, 6) is 3.30. The number of nitrogens with zero attached hydrogens (tertiary/aromatic N) is 5. The van der Waals surface area contributed by atoms with Gasteiger partial charge in [0.15, 0.2) is 11.6 Å². The van der Waals surface area contributed by atoms with Crippen LogP contribution in [0.2, 0.25) is 0 Å². The van der Waals surface area contributed by atoms with Crippen LogP contribution in [0.4, 0.5) is 0 Å². The minimum atomic E-state index is 0.142. The number of aromatic nitrogens is 4. The summed E-state index contributed by atoms with van der Waals surface area (Å²) in [6.07, 6.45) is 6.50. The van der Waals surface area contributed by atoms with Crippen molar-refractivity contribution < 1.29 is 9.26 Å². The Morgan fingerprint density at radius 1 is 1.28 bits per heavy atom. The first-order chi connectivity index (χ1) is 12.2. The molecule has 2 aromatic heterocycles. The quantitative estimate of drug-likeness (QED) is 0.798. The molecule has 1 aliphatic heterocycles. The summed E-state index contributed by atoms with van der Waals surface area (Å²) in [4.78, 5) is 16.0. The van der Waals surface area contributed by atoms with Crippen LogP contribution in [0, 0.1) is 0 Å². The Balaban J connectivity index is 1.45.